The van der Waals surface area contributed by atoms with Crippen LogP contribution in [0.3, 0.4) is 0 Å². The summed E-state index contributed by atoms with van der Waals surface area (Å²) in [4.78, 5) is 32.2. The summed E-state index contributed by atoms with van der Waals surface area (Å²) < 4.78 is 1.73. The third kappa shape index (κ3) is 6.07. The monoisotopic (exact) mass is 404 g/mol. The number of hydrogen-bond acceptors (Lipinski definition) is 5. The average Bonchev–Trinajstić information content (AvgIpc) is 2.71. The number of fused-ring (bicyclic) bond motifs is 1. The molecule has 1 atom stereocenters. The molecule has 0 bridgehead atoms. The number of nitrogens with one attached hydrogen (secondary N) is 1. The number of thioether (sulfide) groups is 1. The molecule has 0 aliphatic heterocycles. The van der Waals surface area contributed by atoms with Gasteiger partial charge in [0, 0.05) is 12.6 Å². The van der Waals surface area contributed by atoms with Gasteiger partial charge >= 0.3 is 0 Å². The second-order valence-corrected chi connectivity index (χ2v) is 7.86. The van der Waals surface area contributed by atoms with Gasteiger partial charge in [0.1, 0.15) is 0 Å². The zero-order chi connectivity index (χ0) is 20.5. The van der Waals surface area contributed by atoms with E-state index in [1.807, 2.05) is 38.1 Å². The highest BCUT2D eigenvalue weighted by Crippen LogP contribution is 2.18. The number of aromatic nitrogens is 2. The van der Waals surface area contributed by atoms with E-state index in [1.54, 1.807) is 4.57 Å². The maximum Gasteiger partial charge on any atom is 0.262 e. The number of amides is 1. The molecule has 0 aliphatic rings. The van der Waals surface area contributed by atoms with Gasteiger partial charge < -0.3 is 10.2 Å². The zero-order valence-corrected chi connectivity index (χ0v) is 18.2. The van der Waals surface area contributed by atoms with E-state index in [1.165, 1.54) is 11.8 Å². The van der Waals surface area contributed by atoms with E-state index >= 15 is 0 Å². The smallest absolute Gasteiger partial charge is 0.262 e. The summed E-state index contributed by atoms with van der Waals surface area (Å²) in [6, 6.07) is 7.55. The lowest BCUT2D eigenvalue weighted by atomic mass is 10.2. The number of benzene rings is 1. The van der Waals surface area contributed by atoms with Crippen LogP contribution in [-0.2, 0) is 11.3 Å². The van der Waals surface area contributed by atoms with Crippen LogP contribution in [0.25, 0.3) is 10.9 Å². The van der Waals surface area contributed by atoms with Gasteiger partial charge in [0.15, 0.2) is 5.16 Å². The summed E-state index contributed by atoms with van der Waals surface area (Å²) in [5, 5.41) is 4.20. The van der Waals surface area contributed by atoms with Gasteiger partial charge in [0.05, 0.1) is 16.7 Å². The van der Waals surface area contributed by atoms with Crippen molar-refractivity contribution in [2.75, 3.05) is 25.4 Å². The second kappa shape index (κ2) is 11.2. The van der Waals surface area contributed by atoms with Crippen molar-refractivity contribution < 1.29 is 4.79 Å². The van der Waals surface area contributed by atoms with Crippen LogP contribution in [0.5, 0.6) is 0 Å². The molecule has 0 radical (unpaired) electrons. The highest BCUT2D eigenvalue weighted by Gasteiger charge is 2.14. The van der Waals surface area contributed by atoms with Gasteiger partial charge in [-0.3, -0.25) is 14.2 Å². The first-order valence-electron chi connectivity index (χ1n) is 10.1. The SMILES string of the molecule is CC[C@H](C)NC(=O)CSc1nc2ccccc2c(=O)n1CCCN(CC)CC. The molecule has 0 saturated heterocycles. The number of rotatable bonds is 11. The highest BCUT2D eigenvalue weighted by molar-refractivity contribution is 7.99. The van der Waals surface area contributed by atoms with E-state index in [0.29, 0.717) is 22.6 Å². The lowest BCUT2D eigenvalue weighted by Gasteiger charge is -2.19. The van der Waals surface area contributed by atoms with Crippen molar-refractivity contribution in [2.24, 2.45) is 0 Å². The van der Waals surface area contributed by atoms with Crippen molar-refractivity contribution in [3.8, 4) is 0 Å². The van der Waals surface area contributed by atoms with Crippen LogP contribution in [0.2, 0.25) is 0 Å². The van der Waals surface area contributed by atoms with Crippen LogP contribution < -0.4 is 10.9 Å². The topological polar surface area (TPSA) is 67.2 Å². The Morgan fingerprint density at radius 1 is 1.25 bits per heavy atom. The summed E-state index contributed by atoms with van der Waals surface area (Å²) in [6.45, 7) is 11.8. The minimum atomic E-state index is -0.0324. The summed E-state index contributed by atoms with van der Waals surface area (Å²) >= 11 is 1.33. The van der Waals surface area contributed by atoms with Crippen molar-refractivity contribution >= 4 is 28.6 Å². The Labute approximate surface area is 171 Å². The lowest BCUT2D eigenvalue weighted by Crippen LogP contribution is -2.33. The molecule has 0 unspecified atom stereocenters. The quantitative estimate of drug-likeness (QED) is 0.460. The Balaban J connectivity index is 2.21. The Kier molecular flexibility index (Phi) is 8.99. The molecule has 7 heteroatoms. The maximum absolute atomic E-state index is 13.0. The minimum Gasteiger partial charge on any atom is -0.353 e. The second-order valence-electron chi connectivity index (χ2n) is 6.91. The van der Waals surface area contributed by atoms with Crippen LogP contribution in [0, 0.1) is 0 Å². The molecule has 1 aromatic heterocycles. The van der Waals surface area contributed by atoms with E-state index in [0.717, 1.165) is 32.5 Å². The molecule has 0 spiro atoms. The van der Waals surface area contributed by atoms with E-state index in [4.69, 9.17) is 0 Å². The van der Waals surface area contributed by atoms with Gasteiger partial charge in [-0.15, -0.1) is 0 Å². The maximum atomic E-state index is 13.0. The molecular weight excluding hydrogens is 372 g/mol. The average molecular weight is 405 g/mol. The molecule has 1 aromatic carbocycles. The first-order valence-corrected chi connectivity index (χ1v) is 11.1. The summed E-state index contributed by atoms with van der Waals surface area (Å²) in [6.07, 6.45) is 1.76. The van der Waals surface area contributed by atoms with Crippen LogP contribution >= 0.6 is 11.8 Å². The van der Waals surface area contributed by atoms with Crippen LogP contribution in [0.15, 0.2) is 34.2 Å². The minimum absolute atomic E-state index is 0.0311. The van der Waals surface area contributed by atoms with E-state index in [2.05, 4.69) is 29.0 Å². The number of nitrogens with zero attached hydrogens (tertiary/aromatic N) is 3. The molecule has 1 amide bonds. The zero-order valence-electron chi connectivity index (χ0n) is 17.4. The Morgan fingerprint density at radius 3 is 2.64 bits per heavy atom. The molecule has 0 aliphatic carbocycles. The third-order valence-corrected chi connectivity index (χ3v) is 5.91. The van der Waals surface area contributed by atoms with Crippen LogP contribution in [0.4, 0.5) is 0 Å². The molecule has 2 rings (SSSR count). The van der Waals surface area contributed by atoms with Crippen molar-refractivity contribution in [3.63, 3.8) is 0 Å². The van der Waals surface area contributed by atoms with Gasteiger partial charge in [-0.05, 0) is 51.5 Å². The molecular formula is C21H32N4O2S. The van der Waals surface area contributed by atoms with Gasteiger partial charge in [0.25, 0.3) is 5.56 Å². The predicted octanol–water partition coefficient (Wildman–Crippen LogP) is 3.14. The summed E-state index contributed by atoms with van der Waals surface area (Å²) in [5.74, 6) is 0.224. The fourth-order valence-corrected chi connectivity index (χ4v) is 3.83. The van der Waals surface area contributed by atoms with Crippen molar-refractivity contribution in [2.45, 2.75) is 58.3 Å². The molecule has 6 nitrogen and oxygen atoms in total. The first-order chi connectivity index (χ1) is 13.5. The van der Waals surface area contributed by atoms with Crippen LogP contribution in [-0.4, -0.2) is 51.8 Å². The lowest BCUT2D eigenvalue weighted by molar-refractivity contribution is -0.119. The molecule has 1 heterocycles. The van der Waals surface area contributed by atoms with E-state index in [-0.39, 0.29) is 23.3 Å². The van der Waals surface area contributed by atoms with Gasteiger partial charge in [-0.2, -0.15) is 0 Å². The van der Waals surface area contributed by atoms with Gasteiger partial charge in [0.2, 0.25) is 5.91 Å². The van der Waals surface area contributed by atoms with E-state index in [9.17, 15) is 9.59 Å². The van der Waals surface area contributed by atoms with Gasteiger partial charge in [-0.1, -0.05) is 44.7 Å². The Morgan fingerprint density at radius 2 is 1.96 bits per heavy atom. The molecule has 154 valence electrons. The third-order valence-electron chi connectivity index (χ3n) is 4.93. The number of carbonyl (C=O) groups excluding carboxylic acids is 1. The standard InChI is InChI=1S/C21H32N4O2S/c1-5-16(4)22-19(26)15-28-21-23-18-12-9-8-11-17(18)20(27)25(21)14-10-13-24(6-2)7-3/h8-9,11-12,16H,5-7,10,13-15H2,1-4H3,(H,22,26)/t16-/m0/s1. The normalized spacial score (nSPS) is 12.5. The number of para-hydroxylation sites is 1. The molecule has 2 aromatic rings. The number of hydrogen-bond donors (Lipinski definition) is 1. The number of carbonyl (C=O) groups is 1. The fraction of sp³-hybridized carbons (Fsp3) is 0.571. The predicted molar refractivity (Wildman–Crippen MR) is 117 cm³/mol. The molecule has 0 fully saturated rings. The van der Waals surface area contributed by atoms with Crippen molar-refractivity contribution in [1.82, 2.24) is 19.8 Å². The molecule has 0 saturated carbocycles. The van der Waals surface area contributed by atoms with E-state index < -0.39 is 0 Å². The first kappa shape index (κ1) is 22.4. The largest absolute Gasteiger partial charge is 0.353 e. The van der Waals surface area contributed by atoms with Crippen molar-refractivity contribution in [1.29, 1.82) is 0 Å². The highest BCUT2D eigenvalue weighted by atomic mass is 32.2. The van der Waals surface area contributed by atoms with Crippen molar-refractivity contribution in [3.05, 3.63) is 34.6 Å². The molecule has 28 heavy (non-hydrogen) atoms. The summed E-state index contributed by atoms with van der Waals surface area (Å²) in [5.41, 5.74) is 0.646. The Hall–Kier alpha value is -1.86. The summed E-state index contributed by atoms with van der Waals surface area (Å²) in [7, 11) is 0. The molecule has 1 N–H and O–H groups in total. The fourth-order valence-electron chi connectivity index (χ4n) is 3.00. The van der Waals surface area contributed by atoms with Gasteiger partial charge in [-0.25, -0.2) is 4.98 Å². The Bertz CT molecular complexity index is 833. The van der Waals surface area contributed by atoms with Crippen LogP contribution in [0.1, 0.15) is 40.5 Å².